The Hall–Kier alpha value is -1.24. The van der Waals surface area contributed by atoms with Crippen molar-refractivity contribution in [3.63, 3.8) is 0 Å². The Kier molecular flexibility index (Phi) is 1.04. The molecule has 3 fully saturated rings. The number of hydrogen-bond acceptors (Lipinski definition) is 0. The molecular weight excluding hydrogens is 170 g/mol. The van der Waals surface area contributed by atoms with E-state index in [1.807, 2.05) is 0 Å². The highest BCUT2D eigenvalue weighted by atomic mass is 14.8. The number of benzene rings is 1. The summed E-state index contributed by atoms with van der Waals surface area (Å²) in [4.78, 5) is 3.58. The van der Waals surface area contributed by atoms with Crippen molar-refractivity contribution < 1.29 is 0 Å². The van der Waals surface area contributed by atoms with Gasteiger partial charge < -0.3 is 4.98 Å². The van der Waals surface area contributed by atoms with Gasteiger partial charge in [0, 0.05) is 16.6 Å². The second-order valence-electron chi connectivity index (χ2n) is 5.03. The standard InChI is InChI=1S/C13H13N/c1-2-4-11-10(3-1)5-12(14-11)13-6-9(7-13)8-13/h1-5,9,14H,6-8H2. The third-order valence-corrected chi connectivity index (χ3v) is 4.14. The summed E-state index contributed by atoms with van der Waals surface area (Å²) in [6, 6.07) is 10.9. The molecule has 1 nitrogen and oxygen atoms in total. The van der Waals surface area contributed by atoms with Crippen molar-refractivity contribution in [3.8, 4) is 0 Å². The molecule has 0 atom stereocenters. The Morgan fingerprint density at radius 1 is 1.14 bits per heavy atom. The van der Waals surface area contributed by atoms with Gasteiger partial charge in [0.05, 0.1) is 0 Å². The molecule has 1 aromatic heterocycles. The van der Waals surface area contributed by atoms with Crippen LogP contribution in [0.15, 0.2) is 30.3 Å². The maximum Gasteiger partial charge on any atom is 0.0456 e. The zero-order valence-electron chi connectivity index (χ0n) is 8.09. The number of para-hydroxylation sites is 1. The Balaban J connectivity index is 1.91. The number of rotatable bonds is 1. The maximum absolute atomic E-state index is 3.58. The van der Waals surface area contributed by atoms with Crippen LogP contribution < -0.4 is 0 Å². The summed E-state index contributed by atoms with van der Waals surface area (Å²) < 4.78 is 0. The first-order valence-corrected chi connectivity index (χ1v) is 5.44. The summed E-state index contributed by atoms with van der Waals surface area (Å²) in [5.74, 6) is 1.06. The smallest absolute Gasteiger partial charge is 0.0456 e. The molecule has 0 amide bonds. The first-order valence-electron chi connectivity index (χ1n) is 5.44. The predicted octanol–water partition coefficient (Wildman–Crippen LogP) is 3.22. The summed E-state index contributed by atoms with van der Waals surface area (Å²) in [5, 5.41) is 1.37. The number of aromatic amines is 1. The number of hydrogen-bond donors (Lipinski definition) is 1. The number of nitrogens with one attached hydrogen (secondary N) is 1. The minimum absolute atomic E-state index is 0.573. The number of fused-ring (bicyclic) bond motifs is 1. The van der Waals surface area contributed by atoms with Gasteiger partial charge in [0.1, 0.15) is 0 Å². The molecule has 3 aliphatic carbocycles. The zero-order chi connectivity index (χ0) is 9.17. The van der Waals surface area contributed by atoms with Gasteiger partial charge in [-0.3, -0.25) is 0 Å². The number of H-pyrrole nitrogens is 1. The van der Waals surface area contributed by atoms with E-state index in [-0.39, 0.29) is 0 Å². The lowest BCUT2D eigenvalue weighted by molar-refractivity contribution is -0.0303. The minimum Gasteiger partial charge on any atom is -0.358 e. The van der Waals surface area contributed by atoms with Gasteiger partial charge in [-0.25, -0.2) is 0 Å². The average Bonchev–Trinajstić information content (AvgIpc) is 2.40. The topological polar surface area (TPSA) is 15.8 Å². The predicted molar refractivity (Wildman–Crippen MR) is 57.3 cm³/mol. The zero-order valence-corrected chi connectivity index (χ0v) is 8.09. The molecular formula is C13H13N. The normalized spacial score (nSPS) is 33.9. The van der Waals surface area contributed by atoms with Crippen LogP contribution in [0.1, 0.15) is 25.0 Å². The monoisotopic (exact) mass is 183 g/mol. The molecule has 70 valence electrons. The van der Waals surface area contributed by atoms with E-state index in [1.54, 1.807) is 0 Å². The van der Waals surface area contributed by atoms with E-state index in [0.29, 0.717) is 5.41 Å². The molecule has 5 rings (SSSR count). The molecule has 2 bridgehead atoms. The van der Waals surface area contributed by atoms with E-state index in [4.69, 9.17) is 0 Å². The largest absolute Gasteiger partial charge is 0.358 e. The molecule has 0 unspecified atom stereocenters. The van der Waals surface area contributed by atoms with Crippen molar-refractivity contribution in [2.24, 2.45) is 5.92 Å². The Bertz CT molecular complexity index is 459. The van der Waals surface area contributed by atoms with Crippen LogP contribution in [0, 0.1) is 5.92 Å². The Morgan fingerprint density at radius 2 is 1.93 bits per heavy atom. The van der Waals surface area contributed by atoms with Gasteiger partial charge in [-0.15, -0.1) is 0 Å². The Morgan fingerprint density at radius 3 is 2.57 bits per heavy atom. The fourth-order valence-corrected chi connectivity index (χ4v) is 3.17. The maximum atomic E-state index is 3.58. The average molecular weight is 183 g/mol. The molecule has 1 aromatic carbocycles. The van der Waals surface area contributed by atoms with Gasteiger partial charge in [-0.1, -0.05) is 18.2 Å². The second kappa shape index (κ2) is 2.05. The Labute approximate surface area is 83.1 Å². The van der Waals surface area contributed by atoms with E-state index in [2.05, 4.69) is 35.3 Å². The third-order valence-electron chi connectivity index (χ3n) is 4.14. The van der Waals surface area contributed by atoms with E-state index < -0.39 is 0 Å². The van der Waals surface area contributed by atoms with Crippen LogP contribution in [-0.2, 0) is 5.41 Å². The second-order valence-corrected chi connectivity index (χ2v) is 5.03. The molecule has 3 aliphatic rings. The quantitative estimate of drug-likeness (QED) is 0.698. The van der Waals surface area contributed by atoms with Crippen molar-refractivity contribution in [2.45, 2.75) is 24.7 Å². The molecule has 3 saturated carbocycles. The molecule has 2 aromatic rings. The van der Waals surface area contributed by atoms with Gasteiger partial charge >= 0.3 is 0 Å². The third kappa shape index (κ3) is 0.682. The molecule has 1 heterocycles. The van der Waals surface area contributed by atoms with Crippen molar-refractivity contribution in [1.29, 1.82) is 0 Å². The fourth-order valence-electron chi connectivity index (χ4n) is 3.17. The molecule has 0 aliphatic heterocycles. The van der Waals surface area contributed by atoms with E-state index in [0.717, 1.165) is 5.92 Å². The van der Waals surface area contributed by atoms with Crippen LogP contribution in [-0.4, -0.2) is 4.98 Å². The highest BCUT2D eigenvalue weighted by Crippen LogP contribution is 2.64. The molecule has 0 saturated heterocycles. The van der Waals surface area contributed by atoms with Crippen LogP contribution in [0.3, 0.4) is 0 Å². The highest BCUT2D eigenvalue weighted by molar-refractivity contribution is 5.80. The van der Waals surface area contributed by atoms with Crippen LogP contribution in [0.2, 0.25) is 0 Å². The first-order chi connectivity index (χ1) is 6.86. The summed E-state index contributed by atoms with van der Waals surface area (Å²) in [6.45, 7) is 0. The van der Waals surface area contributed by atoms with E-state index in [1.165, 1.54) is 35.9 Å². The molecule has 0 radical (unpaired) electrons. The van der Waals surface area contributed by atoms with E-state index >= 15 is 0 Å². The van der Waals surface area contributed by atoms with Crippen molar-refractivity contribution >= 4 is 10.9 Å². The lowest BCUT2D eigenvalue weighted by Gasteiger charge is -2.61. The van der Waals surface area contributed by atoms with Crippen molar-refractivity contribution in [1.82, 2.24) is 4.98 Å². The minimum atomic E-state index is 0.573. The van der Waals surface area contributed by atoms with Crippen LogP contribution in [0.4, 0.5) is 0 Å². The van der Waals surface area contributed by atoms with Gasteiger partial charge in [0.15, 0.2) is 0 Å². The van der Waals surface area contributed by atoms with Crippen LogP contribution in [0.5, 0.6) is 0 Å². The molecule has 14 heavy (non-hydrogen) atoms. The summed E-state index contributed by atoms with van der Waals surface area (Å²) >= 11 is 0. The lowest BCUT2D eigenvalue weighted by Crippen LogP contribution is -2.55. The molecule has 1 N–H and O–H groups in total. The summed E-state index contributed by atoms with van der Waals surface area (Å²) in [7, 11) is 0. The van der Waals surface area contributed by atoms with Gasteiger partial charge in [-0.2, -0.15) is 0 Å². The van der Waals surface area contributed by atoms with E-state index in [9.17, 15) is 0 Å². The van der Waals surface area contributed by atoms with Crippen LogP contribution >= 0.6 is 0 Å². The van der Waals surface area contributed by atoms with Crippen molar-refractivity contribution in [3.05, 3.63) is 36.0 Å². The first kappa shape index (κ1) is 7.10. The lowest BCUT2D eigenvalue weighted by atomic mass is 9.43. The summed E-state index contributed by atoms with van der Waals surface area (Å²) in [6.07, 6.45) is 4.29. The summed E-state index contributed by atoms with van der Waals surface area (Å²) in [5.41, 5.74) is 3.36. The highest BCUT2D eigenvalue weighted by Gasteiger charge is 2.58. The van der Waals surface area contributed by atoms with Gasteiger partial charge in [0.25, 0.3) is 0 Å². The van der Waals surface area contributed by atoms with Gasteiger partial charge in [-0.05, 0) is 42.7 Å². The van der Waals surface area contributed by atoms with Crippen molar-refractivity contribution in [2.75, 3.05) is 0 Å². The van der Waals surface area contributed by atoms with Crippen LogP contribution in [0.25, 0.3) is 10.9 Å². The molecule has 0 spiro atoms. The SMILES string of the molecule is c1ccc2[nH]c(C34CC(C3)C4)cc2c1. The molecule has 1 heteroatoms. The number of aromatic nitrogens is 1. The fraction of sp³-hybridized carbons (Fsp3) is 0.385. The van der Waals surface area contributed by atoms with Gasteiger partial charge in [0.2, 0.25) is 0 Å².